The van der Waals surface area contributed by atoms with Crippen molar-refractivity contribution in [3.8, 4) is 0 Å². The van der Waals surface area contributed by atoms with Crippen LogP contribution >= 0.6 is 0 Å². The predicted molar refractivity (Wildman–Crippen MR) is 123 cm³/mol. The number of hydrogen-bond donors (Lipinski definition) is 2. The third-order valence-electron chi connectivity index (χ3n) is 5.56. The predicted octanol–water partition coefficient (Wildman–Crippen LogP) is 5.17. The molecule has 0 aliphatic rings. The number of rotatable bonds is 13. The van der Waals surface area contributed by atoms with Gasteiger partial charge in [-0.1, -0.05) is 87.4 Å². The van der Waals surface area contributed by atoms with Gasteiger partial charge in [-0.15, -0.1) is 0 Å². The molecule has 2 rings (SSSR count). The van der Waals surface area contributed by atoms with E-state index in [0.717, 1.165) is 49.7 Å². The second-order valence-electron chi connectivity index (χ2n) is 7.74. The lowest BCUT2D eigenvalue weighted by Crippen LogP contribution is -2.30. The highest BCUT2D eigenvalue weighted by atomic mass is 16.2. The van der Waals surface area contributed by atoms with Gasteiger partial charge in [0.15, 0.2) is 0 Å². The second-order valence-corrected chi connectivity index (χ2v) is 7.74. The largest absolute Gasteiger partial charge is 0.356 e. The summed E-state index contributed by atoms with van der Waals surface area (Å²) < 4.78 is 0. The maximum absolute atomic E-state index is 12.4. The lowest BCUT2D eigenvalue weighted by molar-refractivity contribution is -0.123. The van der Waals surface area contributed by atoms with Crippen molar-refractivity contribution >= 4 is 11.8 Å². The average Bonchev–Trinajstić information content (AvgIpc) is 2.78. The number of amides is 2. The molecule has 2 N–H and O–H groups in total. The number of carbonyl (C=O) groups is 2. The topological polar surface area (TPSA) is 58.2 Å². The standard InChI is InChI=1S/C26H36N2O2/c1-3-23(21-15-9-7-10-16-21)25(29)27-19-13-5-6-14-20-28-26(30)24(4-2)22-17-11-8-12-18-22/h7-12,15-18,23-24H,3-6,13-14,19-20H2,1-2H3,(H,27,29)(H,28,30). The first-order valence-electron chi connectivity index (χ1n) is 11.3. The van der Waals surface area contributed by atoms with Gasteiger partial charge in [-0.25, -0.2) is 0 Å². The van der Waals surface area contributed by atoms with E-state index in [1.54, 1.807) is 0 Å². The van der Waals surface area contributed by atoms with E-state index in [1.165, 1.54) is 0 Å². The number of carbonyl (C=O) groups excluding carboxylic acids is 2. The van der Waals surface area contributed by atoms with Crippen molar-refractivity contribution in [2.24, 2.45) is 0 Å². The van der Waals surface area contributed by atoms with Gasteiger partial charge in [0.25, 0.3) is 0 Å². The summed E-state index contributed by atoms with van der Waals surface area (Å²) in [6.07, 6.45) is 5.63. The average molecular weight is 409 g/mol. The first-order chi connectivity index (χ1) is 14.7. The van der Waals surface area contributed by atoms with Crippen molar-refractivity contribution in [3.63, 3.8) is 0 Å². The number of hydrogen-bond acceptors (Lipinski definition) is 2. The van der Waals surface area contributed by atoms with E-state index in [1.807, 2.05) is 74.5 Å². The summed E-state index contributed by atoms with van der Waals surface area (Å²) in [6, 6.07) is 19.9. The Hall–Kier alpha value is -2.62. The molecule has 0 aliphatic carbocycles. The van der Waals surface area contributed by atoms with Crippen LogP contribution in [-0.2, 0) is 9.59 Å². The van der Waals surface area contributed by atoms with Gasteiger partial charge in [-0.2, -0.15) is 0 Å². The second kappa shape index (κ2) is 13.6. The minimum atomic E-state index is -0.0717. The summed E-state index contributed by atoms with van der Waals surface area (Å²) in [5.41, 5.74) is 2.16. The molecule has 2 amide bonds. The van der Waals surface area contributed by atoms with Crippen LogP contribution in [0.25, 0.3) is 0 Å². The minimum Gasteiger partial charge on any atom is -0.356 e. The van der Waals surface area contributed by atoms with Crippen LogP contribution < -0.4 is 10.6 Å². The Labute approximate surface area is 181 Å². The van der Waals surface area contributed by atoms with Crippen molar-refractivity contribution in [2.75, 3.05) is 13.1 Å². The zero-order valence-electron chi connectivity index (χ0n) is 18.4. The smallest absolute Gasteiger partial charge is 0.227 e. The number of benzene rings is 2. The third-order valence-corrected chi connectivity index (χ3v) is 5.56. The van der Waals surface area contributed by atoms with Crippen molar-refractivity contribution in [2.45, 2.75) is 64.2 Å². The third kappa shape index (κ3) is 7.66. The molecule has 0 saturated carbocycles. The fourth-order valence-corrected chi connectivity index (χ4v) is 3.79. The van der Waals surface area contributed by atoms with Gasteiger partial charge in [-0.05, 0) is 36.8 Å². The van der Waals surface area contributed by atoms with Crippen LogP contribution in [-0.4, -0.2) is 24.9 Å². The zero-order chi connectivity index (χ0) is 21.6. The lowest BCUT2D eigenvalue weighted by Gasteiger charge is -2.16. The first-order valence-corrected chi connectivity index (χ1v) is 11.3. The molecule has 162 valence electrons. The van der Waals surface area contributed by atoms with Gasteiger partial charge in [0.1, 0.15) is 0 Å². The Morgan fingerprint density at radius 1 is 0.633 bits per heavy atom. The summed E-state index contributed by atoms with van der Waals surface area (Å²) in [6.45, 7) is 5.51. The molecule has 0 aromatic heterocycles. The van der Waals surface area contributed by atoms with Crippen LogP contribution in [0.5, 0.6) is 0 Å². The Morgan fingerprint density at radius 2 is 1.00 bits per heavy atom. The number of nitrogens with one attached hydrogen (secondary N) is 2. The van der Waals surface area contributed by atoms with Crippen molar-refractivity contribution in [1.29, 1.82) is 0 Å². The van der Waals surface area contributed by atoms with Crippen LogP contribution in [0.4, 0.5) is 0 Å². The minimum absolute atomic E-state index is 0.0717. The zero-order valence-corrected chi connectivity index (χ0v) is 18.4. The van der Waals surface area contributed by atoms with Crippen molar-refractivity contribution in [3.05, 3.63) is 71.8 Å². The van der Waals surface area contributed by atoms with Crippen LogP contribution in [0.3, 0.4) is 0 Å². The molecule has 0 spiro atoms. The Balaban J connectivity index is 1.57. The van der Waals surface area contributed by atoms with Gasteiger partial charge in [0, 0.05) is 13.1 Å². The molecule has 0 radical (unpaired) electrons. The van der Waals surface area contributed by atoms with Gasteiger partial charge in [0.2, 0.25) is 11.8 Å². The van der Waals surface area contributed by atoms with Crippen molar-refractivity contribution < 1.29 is 9.59 Å². The fraction of sp³-hybridized carbons (Fsp3) is 0.462. The first kappa shape index (κ1) is 23.7. The molecule has 2 aromatic rings. The monoisotopic (exact) mass is 408 g/mol. The molecule has 30 heavy (non-hydrogen) atoms. The SMILES string of the molecule is CCC(C(=O)NCCCCCCNC(=O)C(CC)c1ccccc1)c1ccccc1. The van der Waals surface area contributed by atoms with Crippen LogP contribution in [0.1, 0.15) is 75.3 Å². The quantitative estimate of drug-likeness (QED) is 0.449. The van der Waals surface area contributed by atoms with E-state index in [9.17, 15) is 9.59 Å². The highest BCUT2D eigenvalue weighted by Crippen LogP contribution is 2.20. The lowest BCUT2D eigenvalue weighted by atomic mass is 9.95. The van der Waals surface area contributed by atoms with E-state index in [2.05, 4.69) is 10.6 Å². The normalized spacial score (nSPS) is 12.7. The molecule has 0 heterocycles. The van der Waals surface area contributed by atoms with Gasteiger partial charge in [-0.3, -0.25) is 9.59 Å². The molecule has 2 atom stereocenters. The van der Waals surface area contributed by atoms with Crippen LogP contribution in [0.2, 0.25) is 0 Å². The molecular weight excluding hydrogens is 372 g/mol. The summed E-state index contributed by atoms with van der Waals surface area (Å²) in [4.78, 5) is 24.9. The van der Waals surface area contributed by atoms with E-state index >= 15 is 0 Å². The van der Waals surface area contributed by atoms with Gasteiger partial charge in [0.05, 0.1) is 11.8 Å². The summed E-state index contributed by atoms with van der Waals surface area (Å²) in [7, 11) is 0. The van der Waals surface area contributed by atoms with E-state index in [-0.39, 0.29) is 23.7 Å². The Bertz CT molecular complexity index is 681. The maximum Gasteiger partial charge on any atom is 0.227 e. The molecule has 0 fully saturated rings. The Kier molecular flexibility index (Phi) is 10.7. The molecule has 0 bridgehead atoms. The highest BCUT2D eigenvalue weighted by Gasteiger charge is 2.18. The molecule has 0 aliphatic heterocycles. The van der Waals surface area contributed by atoms with Gasteiger partial charge < -0.3 is 10.6 Å². The fourth-order valence-electron chi connectivity index (χ4n) is 3.79. The molecule has 2 aromatic carbocycles. The molecule has 4 heteroatoms. The van der Waals surface area contributed by atoms with Crippen LogP contribution in [0.15, 0.2) is 60.7 Å². The van der Waals surface area contributed by atoms with E-state index in [4.69, 9.17) is 0 Å². The van der Waals surface area contributed by atoms with E-state index < -0.39 is 0 Å². The van der Waals surface area contributed by atoms with E-state index in [0.29, 0.717) is 13.1 Å². The Morgan fingerprint density at radius 3 is 1.33 bits per heavy atom. The summed E-state index contributed by atoms with van der Waals surface area (Å²) in [5.74, 6) is 0.0834. The van der Waals surface area contributed by atoms with Crippen molar-refractivity contribution in [1.82, 2.24) is 10.6 Å². The molecule has 0 saturated heterocycles. The number of unbranched alkanes of at least 4 members (excludes halogenated alkanes) is 3. The summed E-state index contributed by atoms with van der Waals surface area (Å²) >= 11 is 0. The molecule has 2 unspecified atom stereocenters. The maximum atomic E-state index is 12.4. The molecule has 4 nitrogen and oxygen atoms in total. The molecular formula is C26H36N2O2. The van der Waals surface area contributed by atoms with Crippen LogP contribution in [0, 0.1) is 0 Å². The summed E-state index contributed by atoms with van der Waals surface area (Å²) in [5, 5.41) is 6.15. The highest BCUT2D eigenvalue weighted by molar-refractivity contribution is 5.84. The van der Waals surface area contributed by atoms with Gasteiger partial charge >= 0.3 is 0 Å².